The number of benzene rings is 7. The van der Waals surface area contributed by atoms with E-state index in [1.54, 1.807) is 32.9 Å². The van der Waals surface area contributed by atoms with Crippen molar-refractivity contribution < 1.29 is 137 Å². The molecule has 1 aliphatic carbocycles. The number of fused-ring (bicyclic) bond motifs is 12. The average Bonchev–Trinajstić information content (AvgIpc) is 1.55. The zero-order valence-electron chi connectivity index (χ0n) is 72.9. The van der Waals surface area contributed by atoms with Crippen LogP contribution in [-0.2, 0) is 83.9 Å². The van der Waals surface area contributed by atoms with Gasteiger partial charge in [0.15, 0.2) is 54.4 Å². The number of carbonyl (C=O) groups excluding carboxylic acids is 9. The lowest BCUT2D eigenvalue weighted by Gasteiger charge is -2.48. The predicted molar refractivity (Wildman–Crippen MR) is 473 cm³/mol. The zero-order valence-corrected chi connectivity index (χ0v) is 75.2. The number of rotatable bonds is 23. The molecule has 0 aromatic heterocycles. The maximum atomic E-state index is 16.9. The number of phenolic OH excluding ortho intramolecular Hbond substituents is 1. The number of hydrogen-bond acceptors (Lipinski definition) is 31. The van der Waals surface area contributed by atoms with Crippen LogP contribution in [0.15, 0.2) is 127 Å². The highest BCUT2D eigenvalue weighted by Gasteiger charge is 2.54. The lowest BCUT2D eigenvalue weighted by Crippen LogP contribution is -2.65. The minimum absolute atomic E-state index is 0.0344. The van der Waals surface area contributed by atoms with Crippen LogP contribution in [0.5, 0.6) is 34.5 Å². The highest BCUT2D eigenvalue weighted by molar-refractivity contribution is 6.32. The molecule has 0 saturated carbocycles. The largest absolute Gasteiger partial charge is 0.508 e. The summed E-state index contributed by atoms with van der Waals surface area (Å²) in [5.41, 5.74) is 15.5. The molecule has 0 spiro atoms. The number of primary amides is 1. The number of esters is 1. The van der Waals surface area contributed by atoms with Gasteiger partial charge in [0.25, 0.3) is 5.91 Å². The highest BCUT2D eigenvalue weighted by Crippen LogP contribution is 2.54. The lowest BCUT2D eigenvalue weighted by molar-refractivity contribution is -0.334. The molecule has 40 heteroatoms. The minimum atomic E-state index is -3.09. The first kappa shape index (κ1) is 98.6. The molecule has 11 bridgehead atoms. The van der Waals surface area contributed by atoms with Gasteiger partial charge < -0.3 is 143 Å². The Bertz CT molecular complexity index is 5580. The molecule has 3 fully saturated rings. The van der Waals surface area contributed by atoms with Gasteiger partial charge in [-0.05, 0) is 170 Å². The molecule has 23 atom stereocenters. The second kappa shape index (κ2) is 40.6. The van der Waals surface area contributed by atoms with Crippen LogP contribution in [0.2, 0.25) is 15.1 Å². The fourth-order valence-corrected chi connectivity index (χ4v) is 18.6. The zero-order chi connectivity index (χ0) is 95.9. The average molecular weight is 1900 g/mol. The van der Waals surface area contributed by atoms with Gasteiger partial charge in [0, 0.05) is 84.9 Å². The quantitative estimate of drug-likeness (QED) is 0.0314. The van der Waals surface area contributed by atoms with Crippen molar-refractivity contribution in [2.45, 2.75) is 226 Å². The van der Waals surface area contributed by atoms with E-state index in [4.69, 9.17) is 94.6 Å². The number of phenols is 1. The third-order valence-corrected chi connectivity index (χ3v) is 26.1. The van der Waals surface area contributed by atoms with Crippen molar-refractivity contribution in [3.05, 3.63) is 187 Å². The molecule has 16 rings (SSSR count). The number of nitrogens with one attached hydrogen (secondary N) is 6. The number of amides is 6. The third-order valence-electron chi connectivity index (χ3n) is 25.2. The van der Waals surface area contributed by atoms with Crippen LogP contribution in [0.1, 0.15) is 161 Å². The summed E-state index contributed by atoms with van der Waals surface area (Å²) >= 11 is 21.0. The molecule has 37 nitrogen and oxygen atoms in total. The summed E-state index contributed by atoms with van der Waals surface area (Å²) < 4.78 is 59.0. The monoisotopic (exact) mass is 1900 g/mol. The Morgan fingerprint density at radius 3 is 1.94 bits per heavy atom. The van der Waals surface area contributed by atoms with Gasteiger partial charge in [0.2, 0.25) is 47.4 Å². The molecule has 7 aromatic carbocycles. The Morgan fingerprint density at radius 1 is 0.684 bits per heavy atom. The van der Waals surface area contributed by atoms with Gasteiger partial charge in [-0.3, -0.25) is 38.4 Å². The van der Waals surface area contributed by atoms with Crippen molar-refractivity contribution in [2.24, 2.45) is 29.0 Å². The third kappa shape index (κ3) is 21.3. The van der Waals surface area contributed by atoms with E-state index in [9.17, 15) is 65.4 Å². The summed E-state index contributed by atoms with van der Waals surface area (Å²) in [6.45, 7) is 7.39. The van der Waals surface area contributed by atoms with E-state index in [2.05, 4.69) is 31.9 Å². The van der Waals surface area contributed by atoms with Crippen molar-refractivity contribution in [3.8, 4) is 56.8 Å². The summed E-state index contributed by atoms with van der Waals surface area (Å²) in [6, 6.07) is 21.3. The van der Waals surface area contributed by atoms with Crippen molar-refractivity contribution in [1.82, 2.24) is 31.9 Å². The Kier molecular flexibility index (Phi) is 30.1. The molecule has 712 valence electrons. The molecule has 0 radical (unpaired) electrons. The molecule has 8 heterocycles. The second-order valence-corrected chi connectivity index (χ2v) is 36.4. The number of halogens is 3. The molecule has 3 saturated heterocycles. The van der Waals surface area contributed by atoms with Crippen LogP contribution < -0.4 is 63.3 Å². The summed E-state index contributed by atoms with van der Waals surface area (Å²) in [4.78, 5) is 137. The highest BCUT2D eigenvalue weighted by atomic mass is 35.5. The van der Waals surface area contributed by atoms with Crippen LogP contribution in [0.25, 0.3) is 22.3 Å². The topological polar surface area (TPSA) is 589 Å². The smallest absolute Gasteiger partial charge is 0.333 e. The van der Waals surface area contributed by atoms with E-state index in [1.165, 1.54) is 63.2 Å². The van der Waals surface area contributed by atoms with Gasteiger partial charge in [-0.15, -0.1) is 0 Å². The van der Waals surface area contributed by atoms with Crippen LogP contribution >= 0.6 is 34.8 Å². The molecule has 8 aliphatic heterocycles. The van der Waals surface area contributed by atoms with Crippen LogP contribution in [0, 0.1) is 11.8 Å². The first-order valence-corrected chi connectivity index (χ1v) is 44.5. The molecular weight excluding hydrogens is 1800 g/mol. The van der Waals surface area contributed by atoms with Crippen LogP contribution in [0.4, 0.5) is 0 Å². The SMILES string of the molecule is CCC(CC(C)O)C(=O)NC1C(=O)CC(CC(N)=O)C(=O)NC2C(=O)CC3C(=O)NC(C(=O)NC(C(=O)OCC(=O)NCCN)c4cc(O)cc5c4-c4cc3ccc4C5(O)O)C(OC3CC(C)(N)C(O)C(C)O3)c3ccc(c(Cl)c3)Oc3cc2cc(c3OC2OC(CO)C(O)C(O)C2OC2CC(C)(NCc3ccc(-c4ccc(Cl)cc4)cc3)C(O)C(C)O2)Oc2ccc(cc2Cl)C1O. The van der Waals surface area contributed by atoms with Gasteiger partial charge in [-0.25, -0.2) is 4.79 Å². The Morgan fingerprint density at radius 2 is 1.32 bits per heavy atom. The van der Waals surface area contributed by atoms with E-state index >= 15 is 28.8 Å². The van der Waals surface area contributed by atoms with Crippen molar-refractivity contribution in [1.29, 1.82) is 0 Å². The number of ether oxygens (including phenoxy) is 9. The number of carbonyl (C=O) groups is 9. The second-order valence-electron chi connectivity index (χ2n) is 35.2. The molecule has 9 aliphatic rings. The molecular formula is C93H106Cl3N9O28. The summed E-state index contributed by atoms with van der Waals surface area (Å²) in [6.07, 6.45) is -26.4. The van der Waals surface area contributed by atoms with Crippen LogP contribution in [0.3, 0.4) is 0 Å². The molecule has 23 unspecified atom stereocenters. The lowest BCUT2D eigenvalue weighted by atomic mass is 9.84. The van der Waals surface area contributed by atoms with Crippen molar-refractivity contribution in [2.75, 3.05) is 26.3 Å². The van der Waals surface area contributed by atoms with E-state index in [0.29, 0.717) is 5.02 Å². The van der Waals surface area contributed by atoms with Gasteiger partial charge in [0.1, 0.15) is 65.9 Å². The van der Waals surface area contributed by atoms with E-state index in [0.717, 1.165) is 53.1 Å². The predicted octanol–water partition coefficient (Wildman–Crippen LogP) is 4.26. The van der Waals surface area contributed by atoms with Gasteiger partial charge >= 0.3 is 5.97 Å². The first-order chi connectivity index (χ1) is 63.0. The number of aromatic hydroxyl groups is 1. The molecule has 22 N–H and O–H groups in total. The normalized spacial score (nSPS) is 29.6. The standard InChI is InChI=1S/C93H106Cl3N9O28/c1-7-44(24-40(2)107)85(118)104-75-61(109)28-51(31-68(98)111)86(119)102-73-50-29-65(128-63-20-15-48(77(75)113)26-59(63)95)81(133-90-82(79(115)78(114)67(38-106)130-90)132-71-36-92(6,84(117)42(4)127-71)101-37-43-8-10-45(11-9-43)46-12-17-52(94)18-13-46)66(30-50)129-64-21-16-49(27-60(64)96)80(131-70-35-91(5,99)83(116)41(3)126-70)76-88(121)103-74(89(122)125-39-69(112)100-23-22-97)56-32-53(108)33-58-72(56)55-25-47(14-19-57(55)93(58,123)124)54(34-62(73)110)87(120)105-76/h8-21,25-27,29-30,32-33,40-42,44,51,54,67,70-71,73-80,82-84,90,101,106-108,113-117,123-124H,7,22-24,28,31,34-39,97,99H2,1-6H3,(H2,98,111)(H,100,112)(H,102,119)(H,103,121)(H,104,118)(H,105,120). The van der Waals surface area contributed by atoms with Gasteiger partial charge in [-0.1, -0.05) is 102 Å². The Hall–Kier alpha value is -10.4. The number of ketones is 2. The number of aliphatic hydroxyl groups is 9. The number of aliphatic hydroxyl groups excluding tert-OH is 7. The minimum Gasteiger partial charge on any atom is -0.508 e. The maximum absolute atomic E-state index is 16.9. The molecule has 133 heavy (non-hydrogen) atoms. The van der Waals surface area contributed by atoms with Gasteiger partial charge in [0.05, 0.1) is 59.0 Å². The summed E-state index contributed by atoms with van der Waals surface area (Å²) in [5.74, 6) is -21.9. The van der Waals surface area contributed by atoms with Crippen LogP contribution in [-0.4, -0.2) is 227 Å². The number of hydrogen-bond donors (Lipinski definition) is 19. The Balaban J connectivity index is 0.972. The van der Waals surface area contributed by atoms with Crippen molar-refractivity contribution >= 4 is 87.8 Å². The first-order valence-electron chi connectivity index (χ1n) is 43.4. The fraction of sp³-hybridized carbons (Fsp3) is 0.452. The summed E-state index contributed by atoms with van der Waals surface area (Å²) in [7, 11) is 0. The van der Waals surface area contributed by atoms with E-state index in [-0.39, 0.29) is 89.5 Å². The summed E-state index contributed by atoms with van der Waals surface area (Å²) in [5, 5.41) is 135. The van der Waals surface area contributed by atoms with E-state index in [1.807, 2.05) is 36.4 Å². The van der Waals surface area contributed by atoms with Crippen molar-refractivity contribution in [3.63, 3.8) is 0 Å². The maximum Gasteiger partial charge on any atom is 0.333 e. The van der Waals surface area contributed by atoms with Gasteiger partial charge in [-0.2, -0.15) is 0 Å². The fourth-order valence-electron chi connectivity index (χ4n) is 18.0. The number of Topliss-reactive ketones (excluding diaryl/α,β-unsaturated/α-hetero) is 2. The Labute approximate surface area is 777 Å². The molecule has 6 amide bonds. The molecule has 7 aromatic rings. The van der Waals surface area contributed by atoms with E-state index < -0.39 is 281 Å². The number of nitrogens with two attached hydrogens (primary N) is 3.